The first kappa shape index (κ1) is 19.8. The van der Waals surface area contributed by atoms with Crippen molar-refractivity contribution >= 4 is 29.3 Å². The largest absolute Gasteiger partial charge is 0.497 e. The van der Waals surface area contributed by atoms with Crippen LogP contribution in [0.25, 0.3) is 0 Å². The average molecular weight is 372 g/mol. The molecule has 1 atom stereocenters. The molecular weight excluding hydrogens is 348 g/mol. The van der Waals surface area contributed by atoms with E-state index in [1.807, 2.05) is 31.4 Å². The minimum absolute atomic E-state index is 0.231. The number of anilines is 1. The van der Waals surface area contributed by atoms with E-state index in [-0.39, 0.29) is 11.8 Å². The van der Waals surface area contributed by atoms with Crippen LogP contribution in [0, 0.1) is 6.92 Å². The molecule has 138 valence electrons. The zero-order chi connectivity index (χ0) is 18.9. The molecule has 0 aliphatic carbocycles. The van der Waals surface area contributed by atoms with E-state index in [0.29, 0.717) is 17.7 Å². The van der Waals surface area contributed by atoms with Gasteiger partial charge >= 0.3 is 0 Å². The Bertz CT molecular complexity index is 747. The van der Waals surface area contributed by atoms with E-state index in [1.54, 1.807) is 49.2 Å². The molecule has 2 aromatic carbocycles. The number of ether oxygens (including phenoxy) is 1. The summed E-state index contributed by atoms with van der Waals surface area (Å²) in [5, 5.41) is 5.70. The average Bonchev–Trinajstić information content (AvgIpc) is 2.65. The molecule has 2 aromatic rings. The van der Waals surface area contributed by atoms with Gasteiger partial charge in [0.05, 0.1) is 7.11 Å². The Morgan fingerprint density at radius 3 is 2.50 bits per heavy atom. The second-order valence-electron chi connectivity index (χ2n) is 5.89. The van der Waals surface area contributed by atoms with Crippen molar-refractivity contribution in [2.75, 3.05) is 24.4 Å². The number of amides is 2. The smallest absolute Gasteiger partial charge is 0.251 e. The van der Waals surface area contributed by atoms with Gasteiger partial charge in [0.2, 0.25) is 5.91 Å². The van der Waals surface area contributed by atoms with Gasteiger partial charge in [0.25, 0.3) is 5.91 Å². The van der Waals surface area contributed by atoms with Crippen molar-refractivity contribution in [2.45, 2.75) is 19.4 Å². The van der Waals surface area contributed by atoms with E-state index in [1.165, 1.54) is 0 Å². The highest BCUT2D eigenvalue weighted by Crippen LogP contribution is 2.16. The molecule has 0 bridgehead atoms. The van der Waals surface area contributed by atoms with E-state index in [0.717, 1.165) is 17.1 Å². The molecule has 0 spiro atoms. The predicted octanol–water partition coefficient (Wildman–Crippen LogP) is 3.49. The lowest BCUT2D eigenvalue weighted by molar-refractivity contribution is -0.118. The van der Waals surface area contributed by atoms with Crippen LogP contribution < -0.4 is 15.4 Å². The third-order valence-electron chi connectivity index (χ3n) is 3.87. The summed E-state index contributed by atoms with van der Waals surface area (Å²) >= 11 is 1.64. The molecule has 1 unspecified atom stereocenters. The minimum atomic E-state index is -0.599. The Hall–Kier alpha value is -2.47. The van der Waals surface area contributed by atoms with Gasteiger partial charge in [0, 0.05) is 11.3 Å². The van der Waals surface area contributed by atoms with E-state index >= 15 is 0 Å². The molecule has 0 radical (unpaired) electrons. The van der Waals surface area contributed by atoms with Crippen molar-refractivity contribution in [3.8, 4) is 5.75 Å². The molecular formula is C20H24N2O3S. The summed E-state index contributed by atoms with van der Waals surface area (Å²) in [6, 6.07) is 13.8. The van der Waals surface area contributed by atoms with Crippen LogP contribution in [0.4, 0.5) is 5.69 Å². The van der Waals surface area contributed by atoms with Crippen LogP contribution >= 0.6 is 11.8 Å². The predicted molar refractivity (Wildman–Crippen MR) is 107 cm³/mol. The summed E-state index contributed by atoms with van der Waals surface area (Å²) in [6.45, 7) is 1.93. The van der Waals surface area contributed by atoms with Gasteiger partial charge in [-0.2, -0.15) is 11.8 Å². The third kappa shape index (κ3) is 5.81. The van der Waals surface area contributed by atoms with Crippen LogP contribution in [0.15, 0.2) is 48.5 Å². The molecule has 0 aliphatic heterocycles. The Morgan fingerprint density at radius 1 is 1.15 bits per heavy atom. The van der Waals surface area contributed by atoms with Crippen LogP contribution in [-0.2, 0) is 4.79 Å². The molecule has 6 heteroatoms. The number of aryl methyl sites for hydroxylation is 1. The number of hydrogen-bond acceptors (Lipinski definition) is 4. The van der Waals surface area contributed by atoms with Gasteiger partial charge in [-0.15, -0.1) is 0 Å². The quantitative estimate of drug-likeness (QED) is 0.744. The Morgan fingerprint density at radius 2 is 1.88 bits per heavy atom. The summed E-state index contributed by atoms with van der Waals surface area (Å²) in [4.78, 5) is 25.1. The SMILES string of the molecule is COc1ccc(NC(=O)C(CCSC)NC(=O)c2cccc(C)c2)cc1. The van der Waals surface area contributed by atoms with Crippen LogP contribution in [0.2, 0.25) is 0 Å². The number of benzene rings is 2. The van der Waals surface area contributed by atoms with E-state index < -0.39 is 6.04 Å². The summed E-state index contributed by atoms with van der Waals surface area (Å²) in [5.41, 5.74) is 2.21. The molecule has 2 rings (SSSR count). The molecule has 0 saturated carbocycles. The van der Waals surface area contributed by atoms with Crippen molar-refractivity contribution in [1.82, 2.24) is 5.32 Å². The van der Waals surface area contributed by atoms with Gasteiger partial charge in [0.1, 0.15) is 11.8 Å². The summed E-state index contributed by atoms with van der Waals surface area (Å²) in [5.74, 6) is 1.01. The maximum Gasteiger partial charge on any atom is 0.251 e. The summed E-state index contributed by atoms with van der Waals surface area (Å²) < 4.78 is 5.11. The molecule has 2 N–H and O–H groups in total. The molecule has 5 nitrogen and oxygen atoms in total. The van der Waals surface area contributed by atoms with Gasteiger partial charge in [-0.05, 0) is 61.8 Å². The molecule has 0 aromatic heterocycles. The van der Waals surface area contributed by atoms with Crippen LogP contribution in [0.1, 0.15) is 22.3 Å². The van der Waals surface area contributed by atoms with E-state index in [9.17, 15) is 9.59 Å². The second kappa shape index (κ2) is 9.87. The number of nitrogens with one attached hydrogen (secondary N) is 2. The Kier molecular flexibility index (Phi) is 7.53. The lowest BCUT2D eigenvalue weighted by Crippen LogP contribution is -2.44. The first-order chi connectivity index (χ1) is 12.5. The van der Waals surface area contributed by atoms with Gasteiger partial charge in [-0.1, -0.05) is 17.7 Å². The minimum Gasteiger partial charge on any atom is -0.497 e. The Labute approximate surface area is 158 Å². The van der Waals surface area contributed by atoms with Crippen molar-refractivity contribution < 1.29 is 14.3 Å². The van der Waals surface area contributed by atoms with Crippen molar-refractivity contribution in [3.05, 3.63) is 59.7 Å². The molecule has 26 heavy (non-hydrogen) atoms. The number of hydrogen-bond donors (Lipinski definition) is 2. The van der Waals surface area contributed by atoms with Gasteiger partial charge in [0.15, 0.2) is 0 Å². The number of rotatable bonds is 8. The zero-order valence-corrected chi connectivity index (χ0v) is 16.1. The number of carbonyl (C=O) groups is 2. The molecule has 0 heterocycles. The first-order valence-corrected chi connectivity index (χ1v) is 9.74. The maximum absolute atomic E-state index is 12.6. The lowest BCUT2D eigenvalue weighted by Gasteiger charge is -2.18. The monoisotopic (exact) mass is 372 g/mol. The van der Waals surface area contributed by atoms with E-state index in [2.05, 4.69) is 10.6 Å². The highest BCUT2D eigenvalue weighted by Gasteiger charge is 2.21. The topological polar surface area (TPSA) is 67.4 Å². The fourth-order valence-corrected chi connectivity index (χ4v) is 2.91. The first-order valence-electron chi connectivity index (χ1n) is 8.35. The van der Waals surface area contributed by atoms with Crippen LogP contribution in [0.5, 0.6) is 5.75 Å². The van der Waals surface area contributed by atoms with Crippen molar-refractivity contribution in [3.63, 3.8) is 0 Å². The van der Waals surface area contributed by atoms with Crippen LogP contribution in [0.3, 0.4) is 0 Å². The zero-order valence-electron chi connectivity index (χ0n) is 15.2. The fraction of sp³-hybridized carbons (Fsp3) is 0.300. The maximum atomic E-state index is 12.6. The molecule has 2 amide bonds. The summed E-state index contributed by atoms with van der Waals surface area (Å²) in [7, 11) is 1.59. The third-order valence-corrected chi connectivity index (χ3v) is 4.51. The van der Waals surface area contributed by atoms with Gasteiger partial charge in [-0.3, -0.25) is 9.59 Å². The molecule has 0 saturated heterocycles. The molecule has 0 fully saturated rings. The fourth-order valence-electron chi connectivity index (χ4n) is 2.44. The van der Waals surface area contributed by atoms with Crippen molar-refractivity contribution in [2.24, 2.45) is 0 Å². The Balaban J connectivity index is 2.06. The number of thioether (sulfide) groups is 1. The lowest BCUT2D eigenvalue weighted by atomic mass is 10.1. The normalized spacial score (nSPS) is 11.5. The standard InChI is InChI=1S/C20H24N2O3S/c1-14-5-4-6-15(13-14)19(23)22-18(11-12-26-3)20(24)21-16-7-9-17(25-2)10-8-16/h4-10,13,18H,11-12H2,1-3H3,(H,21,24)(H,22,23). The van der Waals surface area contributed by atoms with Crippen molar-refractivity contribution in [1.29, 1.82) is 0 Å². The molecule has 0 aliphatic rings. The van der Waals surface area contributed by atoms with E-state index in [4.69, 9.17) is 4.74 Å². The summed E-state index contributed by atoms with van der Waals surface area (Å²) in [6.07, 6.45) is 2.53. The number of methoxy groups -OCH3 is 1. The van der Waals surface area contributed by atoms with Gasteiger partial charge in [-0.25, -0.2) is 0 Å². The highest BCUT2D eigenvalue weighted by atomic mass is 32.2. The van der Waals surface area contributed by atoms with Gasteiger partial charge < -0.3 is 15.4 Å². The highest BCUT2D eigenvalue weighted by molar-refractivity contribution is 7.98. The van der Waals surface area contributed by atoms with Crippen LogP contribution in [-0.4, -0.2) is 37.0 Å². The second-order valence-corrected chi connectivity index (χ2v) is 6.88. The number of carbonyl (C=O) groups excluding carboxylic acids is 2.